The van der Waals surface area contributed by atoms with Gasteiger partial charge in [-0.25, -0.2) is 4.79 Å². The van der Waals surface area contributed by atoms with E-state index in [0.717, 1.165) is 19.4 Å². The number of amides is 2. The third kappa shape index (κ3) is 5.99. The average molecular weight is 201 g/mol. The lowest BCUT2D eigenvalue weighted by atomic mass is 10.4. The minimum atomic E-state index is -0.937. The summed E-state index contributed by atoms with van der Waals surface area (Å²) in [6, 6.07) is 0. The highest BCUT2D eigenvalue weighted by Gasteiger charge is 2.14. The summed E-state index contributed by atoms with van der Waals surface area (Å²) < 4.78 is 3.97. The highest BCUT2D eigenvalue weighted by Crippen LogP contribution is 2.04. The molecule has 0 unspecified atom stereocenters. The Hall–Kier alpha value is -1.59. The van der Waals surface area contributed by atoms with E-state index in [1.807, 2.05) is 7.05 Å². The van der Waals surface area contributed by atoms with E-state index in [9.17, 15) is 9.59 Å². The summed E-state index contributed by atoms with van der Waals surface area (Å²) in [5.41, 5.74) is 4.49. The number of rotatable bonds is 0. The van der Waals surface area contributed by atoms with Crippen molar-refractivity contribution in [2.45, 2.75) is 19.8 Å². The second-order valence-corrected chi connectivity index (χ2v) is 2.90. The normalized spacial score (nSPS) is 14.4. The molecule has 0 bridgehead atoms. The van der Waals surface area contributed by atoms with Gasteiger partial charge in [0.05, 0.1) is 0 Å². The van der Waals surface area contributed by atoms with E-state index in [1.54, 1.807) is 4.90 Å². The van der Waals surface area contributed by atoms with Crippen molar-refractivity contribution in [2.75, 3.05) is 13.6 Å². The number of nitrogens with one attached hydrogen (secondary N) is 1. The number of hydrogen-bond acceptors (Lipinski definition) is 4. The second-order valence-electron chi connectivity index (χ2n) is 2.90. The van der Waals surface area contributed by atoms with Gasteiger partial charge < -0.3 is 15.4 Å². The fourth-order valence-electron chi connectivity index (χ4n) is 0.934. The molecular formula is C8H15N3O3. The standard InChI is InChI=1S/C5H9NO.C3H6N2O2/c1-6-4-2-3-5(6)7;1-2(4)7-3(5)6/h2-4H2,1H3;4H,1H3,(H2,5,6). The molecule has 1 aliphatic rings. The van der Waals surface area contributed by atoms with Crippen LogP contribution >= 0.6 is 0 Å². The van der Waals surface area contributed by atoms with Crippen LogP contribution < -0.4 is 5.73 Å². The molecule has 0 saturated carbocycles. The van der Waals surface area contributed by atoms with E-state index in [4.69, 9.17) is 5.41 Å². The van der Waals surface area contributed by atoms with Gasteiger partial charge in [0.1, 0.15) is 0 Å². The van der Waals surface area contributed by atoms with Gasteiger partial charge in [-0.2, -0.15) is 0 Å². The predicted octanol–water partition coefficient (Wildman–Crippen LogP) is 0.317. The van der Waals surface area contributed by atoms with Gasteiger partial charge in [-0.3, -0.25) is 10.2 Å². The Morgan fingerprint density at radius 1 is 1.64 bits per heavy atom. The number of hydrogen-bond donors (Lipinski definition) is 2. The summed E-state index contributed by atoms with van der Waals surface area (Å²) >= 11 is 0. The lowest BCUT2D eigenvalue weighted by molar-refractivity contribution is -0.126. The molecule has 0 aromatic heterocycles. The van der Waals surface area contributed by atoms with E-state index >= 15 is 0 Å². The molecule has 14 heavy (non-hydrogen) atoms. The fraction of sp³-hybridized carbons (Fsp3) is 0.625. The van der Waals surface area contributed by atoms with Crippen LogP contribution in [0.1, 0.15) is 19.8 Å². The Labute approximate surface area is 82.5 Å². The Kier molecular flexibility index (Phi) is 5.28. The van der Waals surface area contributed by atoms with Gasteiger partial charge in [-0.1, -0.05) is 0 Å². The molecule has 2 amide bonds. The monoisotopic (exact) mass is 201 g/mol. The van der Waals surface area contributed by atoms with E-state index < -0.39 is 6.09 Å². The van der Waals surface area contributed by atoms with Gasteiger partial charge in [0.2, 0.25) is 5.91 Å². The van der Waals surface area contributed by atoms with Crippen molar-refractivity contribution in [2.24, 2.45) is 5.73 Å². The first-order chi connectivity index (χ1) is 6.43. The number of carbonyl (C=O) groups excluding carboxylic acids is 2. The van der Waals surface area contributed by atoms with Gasteiger partial charge in [0.25, 0.3) is 0 Å². The highest BCUT2D eigenvalue weighted by atomic mass is 16.6. The maximum Gasteiger partial charge on any atom is 0.411 e. The first-order valence-electron chi connectivity index (χ1n) is 4.20. The summed E-state index contributed by atoms with van der Waals surface area (Å²) in [5.74, 6) is 0.104. The lowest BCUT2D eigenvalue weighted by Crippen LogP contribution is -2.17. The van der Waals surface area contributed by atoms with Crippen molar-refractivity contribution < 1.29 is 14.3 Å². The van der Waals surface area contributed by atoms with Gasteiger partial charge in [-0.15, -0.1) is 0 Å². The van der Waals surface area contributed by atoms with Crippen LogP contribution in [0.3, 0.4) is 0 Å². The molecule has 0 spiro atoms. The molecule has 0 atom stereocenters. The molecule has 6 heteroatoms. The summed E-state index contributed by atoms with van der Waals surface area (Å²) in [6.07, 6.45) is 0.874. The predicted molar refractivity (Wildman–Crippen MR) is 50.9 cm³/mol. The van der Waals surface area contributed by atoms with E-state index in [1.165, 1.54) is 6.92 Å². The Bertz CT molecular complexity index is 228. The van der Waals surface area contributed by atoms with Crippen molar-refractivity contribution in [3.8, 4) is 0 Å². The van der Waals surface area contributed by atoms with Crippen LogP contribution in [0.5, 0.6) is 0 Å². The quantitative estimate of drug-likeness (QED) is 0.436. The van der Waals surface area contributed by atoms with E-state index in [-0.39, 0.29) is 5.90 Å². The molecular weight excluding hydrogens is 186 g/mol. The van der Waals surface area contributed by atoms with Crippen molar-refractivity contribution in [3.63, 3.8) is 0 Å². The molecule has 0 aromatic rings. The van der Waals surface area contributed by atoms with Crippen LogP contribution in [0.15, 0.2) is 0 Å². The molecule has 1 rings (SSSR count). The van der Waals surface area contributed by atoms with Gasteiger partial charge >= 0.3 is 6.09 Å². The highest BCUT2D eigenvalue weighted by molar-refractivity contribution is 5.83. The van der Waals surface area contributed by atoms with Crippen molar-refractivity contribution in [1.29, 1.82) is 5.41 Å². The largest absolute Gasteiger partial charge is 0.411 e. The zero-order valence-corrected chi connectivity index (χ0v) is 8.37. The number of carbonyl (C=O) groups is 2. The third-order valence-electron chi connectivity index (χ3n) is 1.56. The first-order valence-corrected chi connectivity index (χ1v) is 4.20. The molecule has 1 heterocycles. The smallest absolute Gasteiger partial charge is 0.396 e. The molecule has 3 N–H and O–H groups in total. The molecule has 6 nitrogen and oxygen atoms in total. The average Bonchev–Trinajstić information content (AvgIpc) is 2.34. The zero-order valence-electron chi connectivity index (χ0n) is 8.37. The Morgan fingerprint density at radius 3 is 2.29 bits per heavy atom. The van der Waals surface area contributed by atoms with Crippen LogP contribution in [0, 0.1) is 5.41 Å². The minimum Gasteiger partial charge on any atom is -0.396 e. The zero-order chi connectivity index (χ0) is 11.1. The summed E-state index contributed by atoms with van der Waals surface area (Å²) in [4.78, 5) is 21.9. The number of likely N-dealkylation sites (tertiary alicyclic amines) is 1. The summed E-state index contributed by atoms with van der Waals surface area (Å²) in [5, 5.41) is 6.50. The van der Waals surface area contributed by atoms with Crippen molar-refractivity contribution >= 4 is 17.9 Å². The number of nitrogens with two attached hydrogens (primary N) is 1. The number of nitrogens with zero attached hydrogens (tertiary/aromatic N) is 1. The topological polar surface area (TPSA) is 96.5 Å². The minimum absolute atomic E-state index is 0.187. The molecule has 1 fully saturated rings. The fourth-order valence-corrected chi connectivity index (χ4v) is 0.934. The van der Waals surface area contributed by atoms with Gasteiger partial charge in [0, 0.05) is 26.9 Å². The van der Waals surface area contributed by atoms with Gasteiger partial charge in [-0.05, 0) is 6.42 Å². The van der Waals surface area contributed by atoms with E-state index in [2.05, 4.69) is 10.5 Å². The van der Waals surface area contributed by atoms with Crippen LogP contribution in [0.4, 0.5) is 4.79 Å². The van der Waals surface area contributed by atoms with Crippen LogP contribution in [-0.4, -0.2) is 36.4 Å². The molecule has 1 saturated heterocycles. The van der Waals surface area contributed by atoms with Crippen LogP contribution in [0.25, 0.3) is 0 Å². The lowest BCUT2D eigenvalue weighted by Gasteiger charge is -2.03. The molecule has 0 aliphatic carbocycles. The van der Waals surface area contributed by atoms with Crippen molar-refractivity contribution in [3.05, 3.63) is 0 Å². The first kappa shape index (κ1) is 12.4. The molecule has 0 radical (unpaired) electrons. The Balaban J connectivity index is 0.000000241. The van der Waals surface area contributed by atoms with Crippen LogP contribution in [-0.2, 0) is 9.53 Å². The molecule has 0 aromatic carbocycles. The number of ether oxygens (including phenoxy) is 1. The summed E-state index contributed by atoms with van der Waals surface area (Å²) in [6.45, 7) is 2.28. The summed E-state index contributed by atoms with van der Waals surface area (Å²) in [7, 11) is 1.84. The maximum absolute atomic E-state index is 10.5. The third-order valence-corrected chi connectivity index (χ3v) is 1.56. The SMILES string of the molecule is CC(=N)OC(N)=O.CN1CCCC1=O. The number of primary amides is 1. The molecule has 80 valence electrons. The van der Waals surface area contributed by atoms with Crippen molar-refractivity contribution in [1.82, 2.24) is 4.90 Å². The van der Waals surface area contributed by atoms with Gasteiger partial charge in [0.15, 0.2) is 5.90 Å². The van der Waals surface area contributed by atoms with Crippen LogP contribution in [0.2, 0.25) is 0 Å². The maximum atomic E-state index is 10.5. The van der Waals surface area contributed by atoms with E-state index in [0.29, 0.717) is 5.91 Å². The second kappa shape index (κ2) is 5.95. The molecule has 1 aliphatic heterocycles. The Morgan fingerprint density at radius 2 is 2.21 bits per heavy atom.